The van der Waals surface area contributed by atoms with Crippen molar-refractivity contribution in [2.75, 3.05) is 0 Å². The lowest BCUT2D eigenvalue weighted by atomic mass is 10.2. The van der Waals surface area contributed by atoms with Gasteiger partial charge in [-0.05, 0) is 29.3 Å². The molecule has 1 heterocycles. The van der Waals surface area contributed by atoms with Gasteiger partial charge in [0.15, 0.2) is 5.69 Å². The Kier molecular flexibility index (Phi) is 4.05. The first-order valence-corrected chi connectivity index (χ1v) is 5.42. The Hall–Kier alpha value is -1.37. The summed E-state index contributed by atoms with van der Waals surface area (Å²) >= 11 is 3.14. The lowest BCUT2D eigenvalue weighted by molar-refractivity contribution is -0.139. The highest BCUT2D eigenvalue weighted by atomic mass is 79.9. The summed E-state index contributed by atoms with van der Waals surface area (Å²) in [6.45, 7) is 3.31. The van der Waals surface area contributed by atoms with Crippen molar-refractivity contribution in [3.05, 3.63) is 15.9 Å². The molecule has 0 spiro atoms. The zero-order chi connectivity index (χ0) is 12.3. The van der Waals surface area contributed by atoms with E-state index in [1.54, 1.807) is 13.8 Å². The van der Waals surface area contributed by atoms with E-state index in [1.165, 1.54) is 0 Å². The van der Waals surface area contributed by atoms with Crippen LogP contribution in [0.15, 0.2) is 9.00 Å². The first-order chi connectivity index (χ1) is 7.47. The molecular weight excluding hydrogens is 280 g/mol. The Labute approximate surface area is 100 Å². The molecule has 0 saturated carbocycles. The Morgan fingerprint density at radius 2 is 2.25 bits per heavy atom. The smallest absolute Gasteiger partial charge is 0.326 e. The van der Waals surface area contributed by atoms with Gasteiger partial charge in [0.2, 0.25) is 0 Å². The third-order valence-electron chi connectivity index (χ3n) is 2.02. The molecule has 1 atom stereocenters. The fourth-order valence-corrected chi connectivity index (χ4v) is 1.39. The van der Waals surface area contributed by atoms with Crippen LogP contribution in [0.3, 0.4) is 0 Å². The van der Waals surface area contributed by atoms with Crippen LogP contribution in [-0.4, -0.2) is 28.2 Å². The summed E-state index contributed by atoms with van der Waals surface area (Å²) in [4.78, 5) is 22.3. The minimum Gasteiger partial charge on any atom is -0.480 e. The van der Waals surface area contributed by atoms with Gasteiger partial charge in [-0.15, -0.1) is 0 Å². The highest BCUT2D eigenvalue weighted by Crippen LogP contribution is 2.20. The number of aromatic nitrogens is 1. The van der Waals surface area contributed by atoms with Gasteiger partial charge in [-0.2, -0.15) is 0 Å². The number of carboxylic acids is 1. The quantitative estimate of drug-likeness (QED) is 0.873. The second kappa shape index (κ2) is 5.11. The van der Waals surface area contributed by atoms with E-state index >= 15 is 0 Å². The molecule has 7 heteroatoms. The molecule has 2 N–H and O–H groups in total. The van der Waals surface area contributed by atoms with Crippen molar-refractivity contribution in [3.8, 4) is 0 Å². The summed E-state index contributed by atoms with van der Waals surface area (Å²) < 4.78 is 5.22. The number of carboxylic acid groups (broad SMARTS) is 1. The van der Waals surface area contributed by atoms with E-state index in [0.717, 1.165) is 0 Å². The fraction of sp³-hybridized carbons (Fsp3) is 0.444. The average Bonchev–Trinajstić information content (AvgIpc) is 2.55. The summed E-state index contributed by atoms with van der Waals surface area (Å²) in [6, 6.07) is -0.920. The Morgan fingerprint density at radius 1 is 1.62 bits per heavy atom. The first kappa shape index (κ1) is 12.7. The van der Waals surface area contributed by atoms with Gasteiger partial charge in [-0.1, -0.05) is 12.1 Å². The summed E-state index contributed by atoms with van der Waals surface area (Å²) in [6.07, 6.45) is 0.301. The summed E-state index contributed by atoms with van der Waals surface area (Å²) in [5.41, 5.74) is 0.0530. The number of aliphatic carboxylic acids is 1. The SMILES string of the molecule is CCC(NC(=O)c1noc(C)c1Br)C(=O)O. The van der Waals surface area contributed by atoms with E-state index < -0.39 is 17.9 Å². The van der Waals surface area contributed by atoms with Crippen LogP contribution in [-0.2, 0) is 4.79 Å². The molecule has 1 unspecified atom stereocenters. The van der Waals surface area contributed by atoms with Crippen molar-refractivity contribution in [1.29, 1.82) is 0 Å². The van der Waals surface area contributed by atoms with Crippen LogP contribution in [0.2, 0.25) is 0 Å². The molecule has 0 aliphatic rings. The van der Waals surface area contributed by atoms with E-state index in [4.69, 9.17) is 9.63 Å². The number of carbonyl (C=O) groups excluding carboxylic acids is 1. The van der Waals surface area contributed by atoms with Crippen LogP contribution in [0.5, 0.6) is 0 Å². The normalized spacial score (nSPS) is 12.2. The van der Waals surface area contributed by atoms with E-state index in [1.807, 2.05) is 0 Å². The molecule has 0 radical (unpaired) electrons. The van der Waals surface area contributed by atoms with Gasteiger partial charge in [0.25, 0.3) is 5.91 Å². The first-order valence-electron chi connectivity index (χ1n) is 4.62. The number of amides is 1. The molecule has 0 saturated heterocycles. The van der Waals surface area contributed by atoms with Crippen LogP contribution in [0.1, 0.15) is 29.6 Å². The predicted octanol–water partition coefficient (Wildman–Crippen LogP) is 1.34. The average molecular weight is 291 g/mol. The number of carbonyl (C=O) groups is 2. The molecule has 1 aromatic rings. The Morgan fingerprint density at radius 3 is 2.62 bits per heavy atom. The maximum absolute atomic E-state index is 11.6. The molecule has 0 aliphatic heterocycles. The predicted molar refractivity (Wildman–Crippen MR) is 58.1 cm³/mol. The topological polar surface area (TPSA) is 92.4 Å². The Balaban J connectivity index is 2.80. The molecule has 0 aliphatic carbocycles. The zero-order valence-electron chi connectivity index (χ0n) is 8.78. The second-order valence-electron chi connectivity index (χ2n) is 3.17. The van der Waals surface area contributed by atoms with Crippen LogP contribution in [0, 0.1) is 6.92 Å². The second-order valence-corrected chi connectivity index (χ2v) is 3.97. The third kappa shape index (κ3) is 2.60. The number of rotatable bonds is 4. The number of hydrogen-bond acceptors (Lipinski definition) is 4. The molecule has 16 heavy (non-hydrogen) atoms. The molecule has 1 rings (SSSR count). The number of halogens is 1. The molecular formula is C9H11BrN2O4. The van der Waals surface area contributed by atoms with Gasteiger partial charge in [0, 0.05) is 0 Å². The van der Waals surface area contributed by atoms with Gasteiger partial charge < -0.3 is 14.9 Å². The lowest BCUT2D eigenvalue weighted by Gasteiger charge is -2.10. The molecule has 88 valence electrons. The van der Waals surface area contributed by atoms with Crippen molar-refractivity contribution < 1.29 is 19.2 Å². The van der Waals surface area contributed by atoms with E-state index in [0.29, 0.717) is 16.7 Å². The van der Waals surface area contributed by atoms with Crippen LogP contribution < -0.4 is 5.32 Å². The van der Waals surface area contributed by atoms with Gasteiger partial charge >= 0.3 is 5.97 Å². The molecule has 1 aromatic heterocycles. The molecule has 1 amide bonds. The standard InChI is InChI=1S/C9H11BrN2O4/c1-3-5(9(14)15)11-8(13)7-6(10)4(2)16-12-7/h5H,3H2,1-2H3,(H,11,13)(H,14,15). The van der Waals surface area contributed by atoms with E-state index in [2.05, 4.69) is 26.4 Å². The minimum atomic E-state index is -1.08. The maximum atomic E-state index is 11.6. The molecule has 0 bridgehead atoms. The monoisotopic (exact) mass is 290 g/mol. The third-order valence-corrected chi connectivity index (χ3v) is 2.95. The highest BCUT2D eigenvalue weighted by Gasteiger charge is 2.23. The molecule has 0 fully saturated rings. The fourth-order valence-electron chi connectivity index (χ4n) is 1.07. The molecule has 6 nitrogen and oxygen atoms in total. The number of aryl methyl sites for hydroxylation is 1. The van der Waals surface area contributed by atoms with E-state index in [9.17, 15) is 9.59 Å². The maximum Gasteiger partial charge on any atom is 0.326 e. The minimum absolute atomic E-state index is 0.0530. The summed E-state index contributed by atoms with van der Waals surface area (Å²) in [5, 5.41) is 14.7. The lowest BCUT2D eigenvalue weighted by Crippen LogP contribution is -2.40. The Bertz CT molecular complexity index is 416. The van der Waals surface area contributed by atoms with Crippen molar-refractivity contribution in [3.63, 3.8) is 0 Å². The molecule has 0 aromatic carbocycles. The van der Waals surface area contributed by atoms with Crippen molar-refractivity contribution in [2.45, 2.75) is 26.3 Å². The van der Waals surface area contributed by atoms with Gasteiger partial charge in [0.05, 0.1) is 4.47 Å². The number of hydrogen-bond donors (Lipinski definition) is 2. The zero-order valence-corrected chi connectivity index (χ0v) is 10.4. The highest BCUT2D eigenvalue weighted by molar-refractivity contribution is 9.10. The van der Waals surface area contributed by atoms with Gasteiger partial charge in [0.1, 0.15) is 11.8 Å². The van der Waals surface area contributed by atoms with Gasteiger partial charge in [-0.3, -0.25) is 4.79 Å². The largest absolute Gasteiger partial charge is 0.480 e. The van der Waals surface area contributed by atoms with Crippen molar-refractivity contribution in [2.24, 2.45) is 0 Å². The summed E-state index contributed by atoms with van der Waals surface area (Å²) in [7, 11) is 0. The number of nitrogens with one attached hydrogen (secondary N) is 1. The van der Waals surface area contributed by atoms with Crippen LogP contribution in [0.25, 0.3) is 0 Å². The number of nitrogens with zero attached hydrogens (tertiary/aromatic N) is 1. The van der Waals surface area contributed by atoms with Gasteiger partial charge in [-0.25, -0.2) is 4.79 Å². The van der Waals surface area contributed by atoms with E-state index in [-0.39, 0.29) is 5.69 Å². The summed E-state index contributed by atoms with van der Waals surface area (Å²) in [5.74, 6) is -1.18. The van der Waals surface area contributed by atoms with Crippen LogP contribution in [0.4, 0.5) is 0 Å². The van der Waals surface area contributed by atoms with Crippen LogP contribution >= 0.6 is 15.9 Å². The van der Waals surface area contributed by atoms with Crippen molar-refractivity contribution in [1.82, 2.24) is 10.5 Å². The van der Waals surface area contributed by atoms with Crippen molar-refractivity contribution >= 4 is 27.8 Å².